The zero-order valence-corrected chi connectivity index (χ0v) is 17.0. The number of hydrogen-bond acceptors (Lipinski definition) is 6. The SMILES string of the molecule is COc1cc2c(cc1Nc1ncc3c(n1)-c1ccc(C)cc1NC(=O)N3)CN(C)C2. The molecule has 0 radical (unpaired) electrons. The fourth-order valence-corrected chi connectivity index (χ4v) is 3.97. The van der Waals surface area contributed by atoms with Gasteiger partial charge in [0.1, 0.15) is 11.4 Å². The van der Waals surface area contributed by atoms with Crippen LogP contribution in [0.1, 0.15) is 16.7 Å². The van der Waals surface area contributed by atoms with Gasteiger partial charge in [0.15, 0.2) is 0 Å². The van der Waals surface area contributed by atoms with Crippen LogP contribution in [0, 0.1) is 6.92 Å². The van der Waals surface area contributed by atoms with Crippen LogP contribution in [-0.4, -0.2) is 35.1 Å². The van der Waals surface area contributed by atoms with Crippen LogP contribution in [0.4, 0.5) is 27.8 Å². The van der Waals surface area contributed by atoms with Gasteiger partial charge in [0, 0.05) is 18.7 Å². The predicted octanol–water partition coefficient (Wildman–Crippen LogP) is 4.11. The summed E-state index contributed by atoms with van der Waals surface area (Å²) in [6.07, 6.45) is 1.62. The number of anilines is 4. The molecule has 2 amide bonds. The Hall–Kier alpha value is -3.65. The quantitative estimate of drug-likeness (QED) is 0.611. The van der Waals surface area contributed by atoms with Crippen molar-refractivity contribution >= 4 is 29.0 Å². The van der Waals surface area contributed by atoms with Gasteiger partial charge >= 0.3 is 6.03 Å². The minimum Gasteiger partial charge on any atom is -0.495 e. The van der Waals surface area contributed by atoms with Crippen LogP contribution in [0.15, 0.2) is 36.5 Å². The highest BCUT2D eigenvalue weighted by atomic mass is 16.5. The Morgan fingerprint density at radius 3 is 2.67 bits per heavy atom. The molecule has 3 aromatic rings. The van der Waals surface area contributed by atoms with E-state index >= 15 is 0 Å². The van der Waals surface area contributed by atoms with Crippen molar-refractivity contribution in [3.63, 3.8) is 0 Å². The molecule has 5 rings (SSSR count). The summed E-state index contributed by atoms with van der Waals surface area (Å²) in [4.78, 5) is 23.6. The third kappa shape index (κ3) is 3.21. The molecule has 0 unspecified atom stereocenters. The highest BCUT2D eigenvalue weighted by Gasteiger charge is 2.22. The molecule has 2 aliphatic rings. The minimum atomic E-state index is -0.311. The summed E-state index contributed by atoms with van der Waals surface area (Å²) in [6, 6.07) is 9.73. The molecule has 0 saturated heterocycles. The average Bonchev–Trinajstić information content (AvgIpc) is 3.00. The van der Waals surface area contributed by atoms with E-state index < -0.39 is 0 Å². The van der Waals surface area contributed by atoms with Crippen LogP contribution in [0.5, 0.6) is 5.75 Å². The molecule has 0 atom stereocenters. The Morgan fingerprint density at radius 2 is 1.87 bits per heavy atom. The summed E-state index contributed by atoms with van der Waals surface area (Å²) in [5.41, 5.74) is 7.15. The van der Waals surface area contributed by atoms with E-state index in [0.717, 1.165) is 35.7 Å². The van der Waals surface area contributed by atoms with E-state index in [1.54, 1.807) is 13.3 Å². The van der Waals surface area contributed by atoms with Crippen molar-refractivity contribution in [2.24, 2.45) is 0 Å². The number of amides is 2. The molecule has 8 nitrogen and oxygen atoms in total. The monoisotopic (exact) mass is 402 g/mol. The number of aryl methyl sites for hydroxylation is 1. The van der Waals surface area contributed by atoms with Gasteiger partial charge in [-0.15, -0.1) is 0 Å². The van der Waals surface area contributed by atoms with E-state index in [0.29, 0.717) is 23.0 Å². The summed E-state index contributed by atoms with van der Waals surface area (Å²) in [6.45, 7) is 3.78. The zero-order chi connectivity index (χ0) is 20.8. The standard InChI is InChI=1S/C22H22N6O2/c1-12-4-5-15-16(6-12)25-22(29)26-18-9-23-21(27-20(15)18)24-17-7-13-10-28(2)11-14(13)8-19(17)30-3/h4-9H,10-11H2,1-3H3,(H,23,24,27)(H2,25,26,29). The van der Waals surface area contributed by atoms with Crippen LogP contribution < -0.4 is 20.7 Å². The van der Waals surface area contributed by atoms with Crippen LogP contribution >= 0.6 is 0 Å². The zero-order valence-electron chi connectivity index (χ0n) is 17.0. The lowest BCUT2D eigenvalue weighted by Crippen LogP contribution is -2.18. The molecule has 0 fully saturated rings. The molecule has 2 aromatic carbocycles. The second-order valence-corrected chi connectivity index (χ2v) is 7.70. The van der Waals surface area contributed by atoms with Gasteiger partial charge in [-0.2, -0.15) is 0 Å². The topological polar surface area (TPSA) is 91.4 Å². The van der Waals surface area contributed by atoms with Crippen LogP contribution in [0.25, 0.3) is 11.3 Å². The number of fused-ring (bicyclic) bond motifs is 4. The van der Waals surface area contributed by atoms with Gasteiger partial charge in [0.25, 0.3) is 0 Å². The summed E-state index contributed by atoms with van der Waals surface area (Å²) in [5.74, 6) is 1.18. The summed E-state index contributed by atoms with van der Waals surface area (Å²) < 4.78 is 5.59. The van der Waals surface area contributed by atoms with Crippen molar-refractivity contribution < 1.29 is 9.53 Å². The number of urea groups is 1. The van der Waals surface area contributed by atoms with Crippen LogP contribution in [0.2, 0.25) is 0 Å². The Bertz CT molecular complexity index is 1180. The normalized spacial score (nSPS) is 14.7. The molecule has 1 aromatic heterocycles. The molecule has 2 aliphatic heterocycles. The molecular formula is C22H22N6O2. The number of methoxy groups -OCH3 is 1. The molecular weight excluding hydrogens is 380 g/mol. The number of aromatic nitrogens is 2. The second kappa shape index (κ2) is 7.00. The maximum absolute atomic E-state index is 12.2. The Kier molecular flexibility index (Phi) is 4.29. The molecule has 8 heteroatoms. The van der Waals surface area contributed by atoms with Crippen molar-refractivity contribution in [3.05, 3.63) is 53.2 Å². The van der Waals surface area contributed by atoms with Gasteiger partial charge in [-0.05, 0) is 48.9 Å². The fraction of sp³-hybridized carbons (Fsp3) is 0.227. The maximum Gasteiger partial charge on any atom is 0.323 e. The number of carbonyl (C=O) groups excluding carboxylic acids is 1. The minimum absolute atomic E-state index is 0.311. The van der Waals surface area contributed by atoms with Gasteiger partial charge in [0.2, 0.25) is 5.95 Å². The number of ether oxygens (including phenoxy) is 1. The van der Waals surface area contributed by atoms with Crippen molar-refractivity contribution in [2.45, 2.75) is 20.0 Å². The van der Waals surface area contributed by atoms with E-state index in [2.05, 4.69) is 45.0 Å². The van der Waals surface area contributed by atoms with Gasteiger partial charge in [-0.25, -0.2) is 14.8 Å². The average molecular weight is 402 g/mol. The first-order chi connectivity index (χ1) is 14.5. The number of rotatable bonds is 3. The highest BCUT2D eigenvalue weighted by Crippen LogP contribution is 2.37. The van der Waals surface area contributed by atoms with E-state index in [9.17, 15) is 4.79 Å². The Morgan fingerprint density at radius 1 is 1.10 bits per heavy atom. The lowest BCUT2D eigenvalue weighted by Gasteiger charge is -2.14. The van der Waals surface area contributed by atoms with E-state index in [4.69, 9.17) is 9.72 Å². The number of nitrogens with one attached hydrogen (secondary N) is 3. The molecule has 3 N–H and O–H groups in total. The number of nitrogens with zero attached hydrogens (tertiary/aromatic N) is 3. The van der Waals surface area contributed by atoms with Crippen LogP contribution in [0.3, 0.4) is 0 Å². The smallest absolute Gasteiger partial charge is 0.323 e. The van der Waals surface area contributed by atoms with Crippen molar-refractivity contribution in [3.8, 4) is 17.0 Å². The first-order valence-electron chi connectivity index (χ1n) is 9.71. The van der Waals surface area contributed by atoms with Crippen molar-refractivity contribution in [1.29, 1.82) is 0 Å². The lowest BCUT2D eigenvalue weighted by molar-refractivity contribution is 0.262. The number of benzene rings is 2. The molecule has 0 spiro atoms. The van der Waals surface area contributed by atoms with Crippen molar-refractivity contribution in [1.82, 2.24) is 14.9 Å². The molecule has 152 valence electrons. The molecule has 0 aliphatic carbocycles. The van der Waals surface area contributed by atoms with E-state index in [-0.39, 0.29) is 6.03 Å². The fourth-order valence-electron chi connectivity index (χ4n) is 3.97. The molecule has 0 saturated carbocycles. The lowest BCUT2D eigenvalue weighted by atomic mass is 10.1. The first-order valence-corrected chi connectivity index (χ1v) is 9.71. The van der Waals surface area contributed by atoms with Gasteiger partial charge in [-0.3, -0.25) is 4.90 Å². The van der Waals surface area contributed by atoms with E-state index in [1.165, 1.54) is 11.1 Å². The molecule has 30 heavy (non-hydrogen) atoms. The van der Waals surface area contributed by atoms with Gasteiger partial charge < -0.3 is 20.7 Å². The van der Waals surface area contributed by atoms with Gasteiger partial charge in [-0.1, -0.05) is 12.1 Å². The largest absolute Gasteiger partial charge is 0.495 e. The second-order valence-electron chi connectivity index (χ2n) is 7.70. The molecule has 3 heterocycles. The van der Waals surface area contributed by atoms with Crippen LogP contribution in [-0.2, 0) is 13.1 Å². The highest BCUT2D eigenvalue weighted by molar-refractivity contribution is 6.07. The predicted molar refractivity (Wildman–Crippen MR) is 116 cm³/mol. The van der Waals surface area contributed by atoms with Crippen molar-refractivity contribution in [2.75, 3.05) is 30.1 Å². The number of carbonyl (C=O) groups is 1. The Labute approximate surface area is 174 Å². The molecule has 0 bridgehead atoms. The summed E-state index contributed by atoms with van der Waals surface area (Å²) >= 11 is 0. The van der Waals surface area contributed by atoms with Gasteiger partial charge in [0.05, 0.1) is 30.4 Å². The third-order valence-corrected chi connectivity index (χ3v) is 5.36. The Balaban J connectivity index is 1.55. The third-order valence-electron chi connectivity index (χ3n) is 5.36. The first kappa shape index (κ1) is 18.4. The maximum atomic E-state index is 12.2. The number of hydrogen-bond donors (Lipinski definition) is 3. The summed E-state index contributed by atoms with van der Waals surface area (Å²) in [5, 5.41) is 8.97. The van der Waals surface area contributed by atoms with E-state index in [1.807, 2.05) is 25.1 Å². The summed E-state index contributed by atoms with van der Waals surface area (Å²) in [7, 11) is 3.75.